The summed E-state index contributed by atoms with van der Waals surface area (Å²) in [6.45, 7) is 3.87. The van der Waals surface area contributed by atoms with E-state index in [0.29, 0.717) is 12.0 Å². The van der Waals surface area contributed by atoms with Crippen LogP contribution in [0.5, 0.6) is 17.2 Å². The molecule has 0 spiro atoms. The maximum Gasteiger partial charge on any atom is 0.200 e. The van der Waals surface area contributed by atoms with Crippen LogP contribution in [0.2, 0.25) is 0 Å². The fourth-order valence-electron chi connectivity index (χ4n) is 1.13. The highest BCUT2D eigenvalue weighted by Crippen LogP contribution is 2.37. The third kappa shape index (κ3) is 2.05. The molecule has 71 valence electrons. The van der Waals surface area contributed by atoms with Crippen LogP contribution in [0.4, 0.5) is 0 Å². The molecule has 13 heavy (non-hydrogen) atoms. The number of phenols is 3. The Kier molecular flexibility index (Phi) is 2.66. The Balaban J connectivity index is 3.04. The summed E-state index contributed by atoms with van der Waals surface area (Å²) in [4.78, 5) is 0. The summed E-state index contributed by atoms with van der Waals surface area (Å²) in [7, 11) is 0. The van der Waals surface area contributed by atoms with Crippen LogP contribution < -0.4 is 0 Å². The zero-order valence-electron chi connectivity index (χ0n) is 7.70. The van der Waals surface area contributed by atoms with E-state index in [2.05, 4.69) is 0 Å². The lowest BCUT2D eigenvalue weighted by atomic mass is 10.0. The van der Waals surface area contributed by atoms with Gasteiger partial charge in [-0.15, -0.1) is 0 Å². The second-order valence-corrected chi connectivity index (χ2v) is 3.32. The molecule has 0 amide bonds. The van der Waals surface area contributed by atoms with Gasteiger partial charge >= 0.3 is 0 Å². The van der Waals surface area contributed by atoms with Crippen LogP contribution in [0.15, 0.2) is 12.1 Å². The van der Waals surface area contributed by atoms with Gasteiger partial charge in [0.1, 0.15) is 0 Å². The fraction of sp³-hybridized carbons (Fsp3) is 0.300. The molecule has 1 aromatic rings. The van der Waals surface area contributed by atoms with Crippen molar-refractivity contribution < 1.29 is 15.3 Å². The topological polar surface area (TPSA) is 60.7 Å². The molecule has 3 heteroatoms. The molecule has 0 unspecified atom stereocenters. The summed E-state index contributed by atoms with van der Waals surface area (Å²) >= 11 is 0. The minimum Gasteiger partial charge on any atom is -0.504 e. The maximum absolute atomic E-state index is 9.40. The maximum atomic E-state index is 9.40. The van der Waals surface area contributed by atoms with E-state index in [9.17, 15) is 10.2 Å². The van der Waals surface area contributed by atoms with Crippen LogP contribution >= 0.6 is 0 Å². The van der Waals surface area contributed by atoms with E-state index in [-0.39, 0.29) is 11.5 Å². The minimum absolute atomic E-state index is 0.235. The number of hydrogen-bond donors (Lipinski definition) is 3. The quantitative estimate of drug-likeness (QED) is 0.611. The second-order valence-electron chi connectivity index (χ2n) is 3.32. The van der Waals surface area contributed by atoms with Crippen molar-refractivity contribution >= 4 is 0 Å². The first-order valence-electron chi connectivity index (χ1n) is 4.04. The van der Waals surface area contributed by atoms with Crippen LogP contribution in [-0.4, -0.2) is 15.3 Å². The average molecular weight is 181 g/mol. The lowest BCUT2D eigenvalue weighted by Gasteiger charge is -2.08. The molecule has 0 saturated carbocycles. The highest BCUT2D eigenvalue weighted by atomic mass is 16.3. The molecule has 0 heterocycles. The van der Waals surface area contributed by atoms with Crippen LogP contribution in [0.1, 0.15) is 19.4 Å². The van der Waals surface area contributed by atoms with Crippen molar-refractivity contribution in [1.29, 1.82) is 0 Å². The second kappa shape index (κ2) is 3.56. The molecule has 0 aromatic heterocycles. The smallest absolute Gasteiger partial charge is 0.200 e. The third-order valence-electron chi connectivity index (χ3n) is 1.76. The SMILES string of the molecule is C[C](C)Cc1ccc(O)c(O)c1O. The monoisotopic (exact) mass is 181 g/mol. The molecule has 1 radical (unpaired) electrons. The van der Waals surface area contributed by atoms with E-state index >= 15 is 0 Å². The van der Waals surface area contributed by atoms with Gasteiger partial charge in [0.15, 0.2) is 11.5 Å². The molecular weight excluding hydrogens is 168 g/mol. The summed E-state index contributed by atoms with van der Waals surface area (Å²) in [5.74, 6) is 0.148. The van der Waals surface area contributed by atoms with Crippen LogP contribution in [0.3, 0.4) is 0 Å². The number of benzene rings is 1. The van der Waals surface area contributed by atoms with Crippen molar-refractivity contribution in [3.63, 3.8) is 0 Å². The molecule has 0 fully saturated rings. The standard InChI is InChI=1S/C10H13O3/c1-6(2)5-7-3-4-8(11)10(13)9(7)12/h3-4,11-13H,5H2,1-2H3. The normalized spacial score (nSPS) is 10.7. The van der Waals surface area contributed by atoms with Gasteiger partial charge in [-0.2, -0.15) is 0 Å². The Morgan fingerprint density at radius 3 is 2.23 bits per heavy atom. The van der Waals surface area contributed by atoms with Crippen molar-refractivity contribution in [2.45, 2.75) is 20.3 Å². The molecule has 0 aliphatic carbocycles. The highest BCUT2D eigenvalue weighted by Gasteiger charge is 2.11. The number of phenolic OH excluding ortho intramolecular Hbond substituents is 3. The van der Waals surface area contributed by atoms with Crippen molar-refractivity contribution in [3.8, 4) is 17.2 Å². The van der Waals surface area contributed by atoms with Crippen molar-refractivity contribution in [2.75, 3.05) is 0 Å². The largest absolute Gasteiger partial charge is 0.504 e. The molecule has 0 saturated heterocycles. The fourth-order valence-corrected chi connectivity index (χ4v) is 1.13. The van der Waals surface area contributed by atoms with Gasteiger partial charge < -0.3 is 15.3 Å². The Morgan fingerprint density at radius 1 is 1.08 bits per heavy atom. The van der Waals surface area contributed by atoms with E-state index in [0.717, 1.165) is 5.92 Å². The first kappa shape index (κ1) is 9.71. The van der Waals surface area contributed by atoms with Crippen LogP contribution in [0.25, 0.3) is 0 Å². The first-order valence-corrected chi connectivity index (χ1v) is 4.04. The molecule has 1 aromatic carbocycles. The molecular formula is C10H13O3. The van der Waals surface area contributed by atoms with Gasteiger partial charge in [-0.05, 0) is 24.0 Å². The first-order chi connectivity index (χ1) is 6.02. The van der Waals surface area contributed by atoms with Gasteiger partial charge in [0, 0.05) is 0 Å². The summed E-state index contributed by atoms with van der Waals surface area (Å²) < 4.78 is 0. The van der Waals surface area contributed by atoms with E-state index in [1.807, 2.05) is 13.8 Å². The summed E-state index contributed by atoms with van der Waals surface area (Å²) in [6, 6.07) is 2.96. The zero-order valence-corrected chi connectivity index (χ0v) is 7.70. The minimum atomic E-state index is -0.446. The van der Waals surface area contributed by atoms with Gasteiger partial charge in [0.2, 0.25) is 5.75 Å². The van der Waals surface area contributed by atoms with Gasteiger partial charge in [0.25, 0.3) is 0 Å². The lowest BCUT2D eigenvalue weighted by molar-refractivity contribution is 0.365. The molecule has 0 atom stereocenters. The Hall–Kier alpha value is -1.38. The zero-order chi connectivity index (χ0) is 10.0. The highest BCUT2D eigenvalue weighted by molar-refractivity contribution is 5.53. The van der Waals surface area contributed by atoms with Crippen molar-refractivity contribution in [2.24, 2.45) is 0 Å². The average Bonchev–Trinajstić information content (AvgIpc) is 2.06. The van der Waals surface area contributed by atoms with E-state index in [4.69, 9.17) is 5.11 Å². The number of rotatable bonds is 2. The van der Waals surface area contributed by atoms with Gasteiger partial charge in [-0.25, -0.2) is 0 Å². The Morgan fingerprint density at radius 2 is 1.69 bits per heavy atom. The molecule has 3 N–H and O–H groups in total. The lowest BCUT2D eigenvalue weighted by Crippen LogP contribution is -1.92. The predicted octanol–water partition coefficient (Wildman–Crippen LogP) is 1.96. The molecule has 0 aliphatic rings. The van der Waals surface area contributed by atoms with E-state index in [1.165, 1.54) is 6.07 Å². The molecule has 3 nitrogen and oxygen atoms in total. The molecule has 1 rings (SSSR count). The molecule has 0 bridgehead atoms. The van der Waals surface area contributed by atoms with Crippen molar-refractivity contribution in [3.05, 3.63) is 23.6 Å². The Bertz CT molecular complexity index is 305. The van der Waals surface area contributed by atoms with Gasteiger partial charge in [-0.1, -0.05) is 19.9 Å². The summed E-state index contributed by atoms with van der Waals surface area (Å²) in [5.41, 5.74) is 0.621. The van der Waals surface area contributed by atoms with Crippen LogP contribution in [0, 0.1) is 5.92 Å². The number of aromatic hydroxyl groups is 3. The van der Waals surface area contributed by atoms with Crippen molar-refractivity contribution in [1.82, 2.24) is 0 Å². The number of hydrogen-bond acceptors (Lipinski definition) is 3. The molecule has 0 aliphatic heterocycles. The van der Waals surface area contributed by atoms with E-state index in [1.54, 1.807) is 6.07 Å². The van der Waals surface area contributed by atoms with E-state index < -0.39 is 5.75 Å². The Labute approximate surface area is 77.3 Å². The summed E-state index contributed by atoms with van der Waals surface area (Å²) in [5, 5.41) is 27.6. The van der Waals surface area contributed by atoms with Gasteiger partial charge in [0.05, 0.1) is 0 Å². The third-order valence-corrected chi connectivity index (χ3v) is 1.76. The van der Waals surface area contributed by atoms with Gasteiger partial charge in [-0.3, -0.25) is 0 Å². The predicted molar refractivity (Wildman–Crippen MR) is 49.7 cm³/mol. The summed E-state index contributed by atoms with van der Waals surface area (Å²) in [6.07, 6.45) is 0.597. The van der Waals surface area contributed by atoms with Crippen LogP contribution in [-0.2, 0) is 6.42 Å².